The van der Waals surface area contributed by atoms with Gasteiger partial charge in [-0.05, 0) is 37.0 Å². The molecule has 30 heavy (non-hydrogen) atoms. The molecule has 7 nitrogen and oxygen atoms in total. The molecule has 0 aliphatic carbocycles. The van der Waals surface area contributed by atoms with Crippen LogP contribution in [0.5, 0.6) is 5.75 Å². The molecular weight excluding hydrogens is 387 g/mol. The number of fused-ring (bicyclic) bond motifs is 1. The summed E-state index contributed by atoms with van der Waals surface area (Å²) in [5, 5.41) is 6.69. The van der Waals surface area contributed by atoms with Crippen molar-refractivity contribution in [3.8, 4) is 5.75 Å². The predicted octanol–water partition coefficient (Wildman–Crippen LogP) is 2.15. The molecule has 1 aromatic rings. The molecule has 2 aliphatic rings. The van der Waals surface area contributed by atoms with Crippen LogP contribution in [0, 0.1) is 11.7 Å². The highest BCUT2D eigenvalue weighted by Gasteiger charge is 2.23. The number of aliphatic imine (C=N–C) groups is 1. The normalized spacial score (nSPS) is 18.6. The molecule has 0 radical (unpaired) electrons. The minimum absolute atomic E-state index is 0.210. The van der Waals surface area contributed by atoms with Gasteiger partial charge in [0.25, 0.3) is 0 Å². The third kappa shape index (κ3) is 6.30. The standard InChI is InChI=1S/C22H35FN4O3/c1-4-24-22(26-13-20(16(2)3)27-7-9-28-10-8-27)25-6-5-17-11-19(23)12-18-14-29-15-30-21(17)18/h11-12,16,20H,4-10,13-15H2,1-3H3,(H2,24,25,26). The second kappa shape index (κ2) is 11.5. The number of nitrogens with zero attached hydrogens (tertiary/aromatic N) is 2. The van der Waals surface area contributed by atoms with Crippen molar-refractivity contribution >= 4 is 5.96 Å². The number of rotatable bonds is 8. The van der Waals surface area contributed by atoms with Crippen molar-refractivity contribution < 1.29 is 18.6 Å². The van der Waals surface area contributed by atoms with Gasteiger partial charge in [0, 0.05) is 37.8 Å². The van der Waals surface area contributed by atoms with Gasteiger partial charge in [0.15, 0.2) is 12.8 Å². The number of guanidine groups is 1. The van der Waals surface area contributed by atoms with Gasteiger partial charge in [0.1, 0.15) is 11.6 Å². The molecule has 0 amide bonds. The minimum Gasteiger partial charge on any atom is -0.467 e. The summed E-state index contributed by atoms with van der Waals surface area (Å²) in [5.41, 5.74) is 1.62. The number of hydrogen-bond donors (Lipinski definition) is 2. The molecule has 2 N–H and O–H groups in total. The second-order valence-electron chi connectivity index (χ2n) is 8.02. The molecule has 0 saturated carbocycles. The zero-order valence-electron chi connectivity index (χ0n) is 18.4. The van der Waals surface area contributed by atoms with Crippen molar-refractivity contribution in [3.63, 3.8) is 0 Å². The molecule has 1 fully saturated rings. The number of ether oxygens (including phenoxy) is 3. The Balaban J connectivity index is 1.59. The van der Waals surface area contributed by atoms with Crippen LogP contribution in [0.1, 0.15) is 31.9 Å². The summed E-state index contributed by atoms with van der Waals surface area (Å²) in [6, 6.07) is 3.41. The van der Waals surface area contributed by atoms with Gasteiger partial charge >= 0.3 is 0 Å². The first-order valence-electron chi connectivity index (χ1n) is 10.9. The quantitative estimate of drug-likeness (QED) is 0.494. The Bertz CT molecular complexity index is 708. The Hall–Kier alpha value is -1.90. The molecule has 0 spiro atoms. The van der Waals surface area contributed by atoms with Crippen molar-refractivity contribution in [2.75, 3.05) is 52.7 Å². The molecule has 3 rings (SSSR count). The number of nitrogens with one attached hydrogen (secondary N) is 2. The van der Waals surface area contributed by atoms with Gasteiger partial charge < -0.3 is 24.8 Å². The van der Waals surface area contributed by atoms with Crippen molar-refractivity contribution in [1.82, 2.24) is 15.5 Å². The third-order valence-electron chi connectivity index (χ3n) is 5.50. The summed E-state index contributed by atoms with van der Waals surface area (Å²) >= 11 is 0. The Morgan fingerprint density at radius 1 is 1.20 bits per heavy atom. The summed E-state index contributed by atoms with van der Waals surface area (Å²) in [5.74, 6) is 1.78. The highest BCUT2D eigenvalue weighted by atomic mass is 19.1. The van der Waals surface area contributed by atoms with Crippen molar-refractivity contribution in [3.05, 3.63) is 29.1 Å². The van der Waals surface area contributed by atoms with E-state index in [1.165, 1.54) is 6.07 Å². The summed E-state index contributed by atoms with van der Waals surface area (Å²) in [6.45, 7) is 12.8. The van der Waals surface area contributed by atoms with Crippen LogP contribution in [0.15, 0.2) is 17.1 Å². The van der Waals surface area contributed by atoms with Crippen LogP contribution in [0.2, 0.25) is 0 Å². The van der Waals surface area contributed by atoms with E-state index in [-0.39, 0.29) is 12.6 Å². The summed E-state index contributed by atoms with van der Waals surface area (Å²) in [4.78, 5) is 7.30. The van der Waals surface area contributed by atoms with Gasteiger partial charge in [-0.3, -0.25) is 9.89 Å². The van der Waals surface area contributed by atoms with E-state index in [1.54, 1.807) is 6.07 Å². The molecule has 0 aromatic heterocycles. The molecule has 1 atom stereocenters. The lowest BCUT2D eigenvalue weighted by molar-refractivity contribution is -0.0172. The number of hydrogen-bond acceptors (Lipinski definition) is 5. The van der Waals surface area contributed by atoms with Gasteiger partial charge in [-0.15, -0.1) is 0 Å². The zero-order valence-corrected chi connectivity index (χ0v) is 18.4. The number of halogens is 1. The second-order valence-corrected chi connectivity index (χ2v) is 8.02. The Labute approximate surface area is 179 Å². The smallest absolute Gasteiger partial charge is 0.191 e. The Morgan fingerprint density at radius 2 is 2.00 bits per heavy atom. The summed E-state index contributed by atoms with van der Waals surface area (Å²) in [6.07, 6.45) is 0.640. The lowest BCUT2D eigenvalue weighted by Gasteiger charge is -2.36. The molecule has 168 valence electrons. The first kappa shape index (κ1) is 22.8. The molecule has 0 bridgehead atoms. The van der Waals surface area contributed by atoms with Gasteiger partial charge in [0.05, 0.1) is 26.4 Å². The van der Waals surface area contributed by atoms with Gasteiger partial charge in [-0.25, -0.2) is 4.39 Å². The Kier molecular flexibility index (Phi) is 8.72. The van der Waals surface area contributed by atoms with Crippen LogP contribution in [-0.4, -0.2) is 69.6 Å². The van der Waals surface area contributed by atoms with E-state index >= 15 is 0 Å². The van der Waals surface area contributed by atoms with Gasteiger partial charge in [-0.2, -0.15) is 0 Å². The molecular formula is C22H35FN4O3. The van der Waals surface area contributed by atoms with Crippen LogP contribution in [-0.2, 0) is 22.5 Å². The zero-order chi connectivity index (χ0) is 21.3. The van der Waals surface area contributed by atoms with Gasteiger partial charge in [-0.1, -0.05) is 13.8 Å². The molecule has 2 aliphatic heterocycles. The predicted molar refractivity (Wildman–Crippen MR) is 115 cm³/mol. The van der Waals surface area contributed by atoms with E-state index < -0.39 is 0 Å². The van der Waals surface area contributed by atoms with Crippen LogP contribution in [0.3, 0.4) is 0 Å². The first-order chi connectivity index (χ1) is 14.6. The highest BCUT2D eigenvalue weighted by Crippen LogP contribution is 2.29. The van der Waals surface area contributed by atoms with E-state index in [4.69, 9.17) is 19.2 Å². The van der Waals surface area contributed by atoms with E-state index in [9.17, 15) is 4.39 Å². The van der Waals surface area contributed by atoms with Crippen molar-refractivity contribution in [1.29, 1.82) is 0 Å². The average Bonchev–Trinajstić information content (AvgIpc) is 2.74. The third-order valence-corrected chi connectivity index (χ3v) is 5.50. The maximum Gasteiger partial charge on any atom is 0.191 e. The monoisotopic (exact) mass is 422 g/mol. The van der Waals surface area contributed by atoms with Crippen LogP contribution in [0.25, 0.3) is 0 Å². The first-order valence-corrected chi connectivity index (χ1v) is 10.9. The van der Waals surface area contributed by atoms with Crippen molar-refractivity contribution in [2.45, 2.75) is 39.8 Å². The maximum atomic E-state index is 13.9. The Morgan fingerprint density at radius 3 is 2.73 bits per heavy atom. The lowest BCUT2D eigenvalue weighted by Crippen LogP contribution is -2.48. The largest absolute Gasteiger partial charge is 0.467 e. The summed E-state index contributed by atoms with van der Waals surface area (Å²) < 4.78 is 30.3. The molecule has 2 heterocycles. The van der Waals surface area contributed by atoms with Crippen LogP contribution in [0.4, 0.5) is 4.39 Å². The van der Waals surface area contributed by atoms with Crippen molar-refractivity contribution in [2.24, 2.45) is 10.9 Å². The topological polar surface area (TPSA) is 67.4 Å². The fourth-order valence-corrected chi connectivity index (χ4v) is 3.94. The fourth-order valence-electron chi connectivity index (χ4n) is 3.94. The number of benzene rings is 1. The average molecular weight is 423 g/mol. The highest BCUT2D eigenvalue weighted by molar-refractivity contribution is 5.79. The molecule has 1 aromatic carbocycles. The molecule has 1 unspecified atom stereocenters. The minimum atomic E-state index is -0.260. The fraction of sp³-hybridized carbons (Fsp3) is 0.682. The van der Waals surface area contributed by atoms with E-state index in [0.717, 1.165) is 62.2 Å². The SMILES string of the molecule is CCNC(=NCC(C(C)C)N1CCOCC1)NCCc1cc(F)cc2c1OCOC2. The maximum absolute atomic E-state index is 13.9. The number of morpholine rings is 1. The lowest BCUT2D eigenvalue weighted by atomic mass is 10.0. The van der Waals surface area contributed by atoms with E-state index in [2.05, 4.69) is 36.3 Å². The van der Waals surface area contributed by atoms with Crippen LogP contribution >= 0.6 is 0 Å². The van der Waals surface area contributed by atoms with Gasteiger partial charge in [0.2, 0.25) is 0 Å². The van der Waals surface area contributed by atoms with E-state index in [1.807, 2.05) is 0 Å². The summed E-state index contributed by atoms with van der Waals surface area (Å²) in [7, 11) is 0. The van der Waals surface area contributed by atoms with E-state index in [0.29, 0.717) is 31.5 Å². The molecule has 8 heteroatoms. The molecule has 1 saturated heterocycles. The van der Waals surface area contributed by atoms with Crippen LogP contribution < -0.4 is 15.4 Å².